The Morgan fingerprint density at radius 1 is 1.19 bits per heavy atom. The molecule has 2 atom stereocenters. The van der Waals surface area contributed by atoms with Gasteiger partial charge in [0.25, 0.3) is 11.8 Å². The number of carbonyl (C=O) groups is 5. The third kappa shape index (κ3) is 4.31. The van der Waals surface area contributed by atoms with Crippen molar-refractivity contribution in [3.63, 3.8) is 0 Å². The van der Waals surface area contributed by atoms with E-state index in [1.165, 1.54) is 23.1 Å². The third-order valence-electron chi connectivity index (χ3n) is 4.89. The quantitative estimate of drug-likeness (QED) is 0.486. The third-order valence-corrected chi connectivity index (χ3v) is 4.89. The lowest BCUT2D eigenvalue weighted by atomic mass is 10.1. The second-order valence-corrected chi connectivity index (χ2v) is 7.17. The average molecular weight is 433 g/mol. The molecule has 1 saturated heterocycles. The van der Waals surface area contributed by atoms with Gasteiger partial charge in [-0.3, -0.25) is 19.3 Å². The lowest BCUT2D eigenvalue weighted by Gasteiger charge is -2.37. The van der Waals surface area contributed by atoms with E-state index in [1.54, 1.807) is 20.2 Å². The second kappa shape index (κ2) is 8.64. The van der Waals surface area contributed by atoms with E-state index in [4.69, 9.17) is 9.47 Å². The van der Waals surface area contributed by atoms with E-state index in [-0.39, 0.29) is 18.5 Å². The largest absolute Gasteiger partial charge is 0.455 e. The van der Waals surface area contributed by atoms with Crippen LogP contribution in [0.2, 0.25) is 0 Å². The smallest absolute Gasteiger partial charge is 0.333 e. The maximum atomic E-state index is 13.9. The van der Waals surface area contributed by atoms with Gasteiger partial charge in [-0.25, -0.2) is 18.9 Å². The molecule has 0 radical (unpaired) electrons. The second-order valence-electron chi connectivity index (χ2n) is 7.17. The summed E-state index contributed by atoms with van der Waals surface area (Å²) in [5.74, 6) is -5.41. The zero-order valence-corrected chi connectivity index (χ0v) is 16.8. The maximum Gasteiger partial charge on any atom is 0.333 e. The maximum absolute atomic E-state index is 13.9. The van der Waals surface area contributed by atoms with Crippen molar-refractivity contribution >= 4 is 29.7 Å². The molecule has 1 fully saturated rings. The number of benzene rings is 1. The van der Waals surface area contributed by atoms with Crippen LogP contribution in [0.25, 0.3) is 0 Å². The summed E-state index contributed by atoms with van der Waals surface area (Å²) < 4.78 is 24.1. The highest BCUT2D eigenvalue weighted by Gasteiger charge is 2.59. The summed E-state index contributed by atoms with van der Waals surface area (Å²) in [5.41, 5.74) is -2.47. The summed E-state index contributed by atoms with van der Waals surface area (Å²) in [5, 5.41) is 2.36. The van der Waals surface area contributed by atoms with Gasteiger partial charge in [0, 0.05) is 24.3 Å². The normalized spacial score (nSPS) is 25.0. The predicted molar refractivity (Wildman–Crippen MR) is 101 cm³/mol. The van der Waals surface area contributed by atoms with Crippen LogP contribution in [0.3, 0.4) is 0 Å². The summed E-state index contributed by atoms with van der Waals surface area (Å²) in [7, 11) is 3.13. The van der Waals surface area contributed by atoms with Gasteiger partial charge in [0.15, 0.2) is 6.61 Å². The molecule has 0 aromatic heterocycles. The molecule has 10 nitrogen and oxygen atoms in total. The minimum atomic E-state index is -2.58. The Morgan fingerprint density at radius 3 is 2.52 bits per heavy atom. The number of cyclic esters (lactones) is 2. The number of hydrogen-bond donors (Lipinski definition) is 1. The van der Waals surface area contributed by atoms with E-state index in [2.05, 4.69) is 5.32 Å². The number of ether oxygens (including phenoxy) is 2. The summed E-state index contributed by atoms with van der Waals surface area (Å²) in [6.07, 6.45) is 1.24. The number of nitrogens with one attached hydrogen (secondary N) is 1. The predicted octanol–water partition coefficient (Wildman–Crippen LogP) is -0.516. The van der Waals surface area contributed by atoms with Crippen LogP contribution in [0.4, 0.5) is 4.39 Å². The van der Waals surface area contributed by atoms with E-state index < -0.39 is 53.9 Å². The fraction of sp³-hybridized carbons (Fsp3) is 0.350. The Labute approximate surface area is 176 Å². The molecule has 2 aliphatic heterocycles. The molecule has 0 spiro atoms. The number of rotatable bonds is 5. The van der Waals surface area contributed by atoms with Crippen LogP contribution >= 0.6 is 0 Å². The number of likely N-dealkylation sites (N-methyl/N-ethyl adjacent to an activating group) is 1. The molecule has 1 N–H and O–H groups in total. The summed E-state index contributed by atoms with van der Waals surface area (Å²) in [6, 6.07) is 4.73. The highest BCUT2D eigenvalue weighted by atomic mass is 19.1. The minimum absolute atomic E-state index is 0.116. The first-order chi connectivity index (χ1) is 14.7. The van der Waals surface area contributed by atoms with Crippen molar-refractivity contribution in [3.8, 4) is 0 Å². The molecule has 0 unspecified atom stereocenters. The fourth-order valence-electron chi connectivity index (χ4n) is 3.26. The van der Waals surface area contributed by atoms with E-state index in [1.807, 2.05) is 0 Å². The van der Waals surface area contributed by atoms with Gasteiger partial charge in [-0.1, -0.05) is 18.2 Å². The Morgan fingerprint density at radius 2 is 1.87 bits per heavy atom. The minimum Gasteiger partial charge on any atom is -0.455 e. The van der Waals surface area contributed by atoms with E-state index in [0.29, 0.717) is 4.90 Å². The molecule has 31 heavy (non-hydrogen) atoms. The van der Waals surface area contributed by atoms with Crippen LogP contribution in [0.5, 0.6) is 0 Å². The Bertz CT molecular complexity index is 977. The van der Waals surface area contributed by atoms with Gasteiger partial charge in [0.1, 0.15) is 5.82 Å². The van der Waals surface area contributed by atoms with Crippen molar-refractivity contribution in [1.82, 2.24) is 15.1 Å². The van der Waals surface area contributed by atoms with Crippen LogP contribution < -0.4 is 5.32 Å². The molecule has 3 amide bonds. The zero-order valence-electron chi connectivity index (χ0n) is 16.8. The van der Waals surface area contributed by atoms with Crippen molar-refractivity contribution in [1.29, 1.82) is 0 Å². The first-order valence-corrected chi connectivity index (χ1v) is 9.28. The highest BCUT2D eigenvalue weighted by molar-refractivity contribution is 6.10. The van der Waals surface area contributed by atoms with Crippen molar-refractivity contribution < 1.29 is 37.8 Å². The van der Waals surface area contributed by atoms with Gasteiger partial charge in [0.05, 0.1) is 12.5 Å². The number of halogens is 1. The number of imide groups is 1. The Balaban J connectivity index is 1.99. The zero-order chi connectivity index (χ0) is 22.8. The van der Waals surface area contributed by atoms with Crippen molar-refractivity contribution in [2.75, 3.05) is 20.7 Å². The average Bonchev–Trinajstić information content (AvgIpc) is 3.02. The van der Waals surface area contributed by atoms with Gasteiger partial charge in [-0.2, -0.15) is 0 Å². The van der Waals surface area contributed by atoms with Gasteiger partial charge in [0.2, 0.25) is 5.91 Å². The van der Waals surface area contributed by atoms with Crippen LogP contribution in [0.15, 0.2) is 36.4 Å². The molecule has 164 valence electrons. The van der Waals surface area contributed by atoms with Crippen molar-refractivity contribution in [2.45, 2.75) is 24.7 Å². The standard InChI is InChI=1S/C20H20FN3O7/c1-23(2)14-9-15(25)24(18(14)28)20(11-30-16(26)7-8-17(27)31-20)19(29)22-10-12-5-3-4-6-13(12)21/h3-8,14H,9-11H2,1-2H3,(H,22,29)/b8-7+/t14-,20-/m0/s1. The number of amides is 3. The van der Waals surface area contributed by atoms with Crippen LogP contribution in [-0.4, -0.2) is 71.9 Å². The molecule has 3 rings (SSSR count). The Hall–Kier alpha value is -3.60. The molecule has 2 aliphatic rings. The van der Waals surface area contributed by atoms with Crippen LogP contribution in [0.1, 0.15) is 12.0 Å². The van der Waals surface area contributed by atoms with E-state index >= 15 is 0 Å². The van der Waals surface area contributed by atoms with Gasteiger partial charge < -0.3 is 14.8 Å². The van der Waals surface area contributed by atoms with Gasteiger partial charge in [-0.15, -0.1) is 0 Å². The number of nitrogens with zero attached hydrogens (tertiary/aromatic N) is 2. The van der Waals surface area contributed by atoms with E-state index in [9.17, 15) is 28.4 Å². The topological polar surface area (TPSA) is 122 Å². The summed E-state index contributed by atoms with van der Waals surface area (Å²) in [4.78, 5) is 64.8. The molecule has 2 heterocycles. The summed E-state index contributed by atoms with van der Waals surface area (Å²) in [6.45, 7) is -1.25. The fourth-order valence-corrected chi connectivity index (χ4v) is 3.26. The molecule has 11 heteroatoms. The molecular weight excluding hydrogens is 413 g/mol. The number of hydrogen-bond acceptors (Lipinski definition) is 8. The van der Waals surface area contributed by atoms with Crippen molar-refractivity contribution in [2.24, 2.45) is 0 Å². The lowest BCUT2D eigenvalue weighted by molar-refractivity contribution is -0.204. The highest BCUT2D eigenvalue weighted by Crippen LogP contribution is 2.29. The SMILES string of the molecule is CN(C)[C@H]1CC(=O)N([C@@]2(C(=O)NCc3ccccc3F)COC(=O)/C=C/C(=O)O2)C1=O. The first-order valence-electron chi connectivity index (χ1n) is 9.28. The van der Waals surface area contributed by atoms with Crippen LogP contribution in [0, 0.1) is 5.82 Å². The van der Waals surface area contributed by atoms with Gasteiger partial charge in [-0.05, 0) is 20.2 Å². The van der Waals surface area contributed by atoms with E-state index in [0.717, 1.165) is 12.2 Å². The monoisotopic (exact) mass is 433 g/mol. The van der Waals surface area contributed by atoms with Crippen molar-refractivity contribution in [3.05, 3.63) is 47.8 Å². The summed E-state index contributed by atoms with van der Waals surface area (Å²) >= 11 is 0. The molecule has 1 aromatic rings. The lowest BCUT2D eigenvalue weighted by Crippen LogP contribution is -2.66. The van der Waals surface area contributed by atoms with Gasteiger partial charge >= 0.3 is 17.7 Å². The molecule has 1 aromatic carbocycles. The van der Waals surface area contributed by atoms with Crippen LogP contribution in [-0.2, 0) is 40.0 Å². The molecule has 0 saturated carbocycles. The first kappa shape index (κ1) is 22.1. The molecular formula is C20H20FN3O7. The number of carbonyl (C=O) groups excluding carboxylic acids is 5. The molecule has 0 bridgehead atoms. The Kier molecular flexibility index (Phi) is 6.16. The molecule has 0 aliphatic carbocycles. The number of likely N-dealkylation sites (tertiary alicyclic amines) is 1. The number of esters is 2.